The van der Waals surface area contributed by atoms with Crippen LogP contribution in [0.5, 0.6) is 0 Å². The molecule has 0 aliphatic carbocycles. The highest BCUT2D eigenvalue weighted by atomic mass is 19.1. The maximum absolute atomic E-state index is 13.4. The third kappa shape index (κ3) is 3.95. The van der Waals surface area contributed by atoms with Crippen LogP contribution in [0.25, 0.3) is 22.2 Å². The number of benzene rings is 2. The standard InChI is InChI=1S/C24H24FN5O/c1-16-7-18(14-30(16)24(31)9-17-3-2-4-21(25)8-17)13-29-15-26-22-10-19(5-6-23(22)29)20-11-27-28-12-20/h2-6,8,10-12,15-16,18H,7,9,13-14H2,1H3,(H,27,28)/t16-,18+/m1/s1. The molecule has 1 saturated heterocycles. The zero-order chi connectivity index (χ0) is 21.4. The maximum Gasteiger partial charge on any atom is 0.227 e. The summed E-state index contributed by atoms with van der Waals surface area (Å²) in [5.41, 5.74) is 4.87. The van der Waals surface area contributed by atoms with Crippen LogP contribution in [-0.4, -0.2) is 43.1 Å². The Labute approximate surface area is 179 Å². The number of aromatic nitrogens is 4. The molecule has 4 aromatic rings. The van der Waals surface area contributed by atoms with Crippen molar-refractivity contribution in [1.29, 1.82) is 0 Å². The number of amides is 1. The van der Waals surface area contributed by atoms with Crippen molar-refractivity contribution in [3.8, 4) is 11.1 Å². The summed E-state index contributed by atoms with van der Waals surface area (Å²) in [5.74, 6) is 0.110. The predicted octanol–water partition coefficient (Wildman–Crippen LogP) is 4.05. The monoisotopic (exact) mass is 417 g/mol. The molecule has 31 heavy (non-hydrogen) atoms. The normalized spacial score (nSPS) is 18.7. The van der Waals surface area contributed by atoms with Crippen molar-refractivity contribution >= 4 is 16.9 Å². The summed E-state index contributed by atoms with van der Waals surface area (Å²) in [6, 6.07) is 12.7. The first-order valence-electron chi connectivity index (χ1n) is 10.5. The van der Waals surface area contributed by atoms with Crippen LogP contribution in [-0.2, 0) is 17.8 Å². The van der Waals surface area contributed by atoms with Crippen LogP contribution in [0.3, 0.4) is 0 Å². The average molecular weight is 417 g/mol. The van der Waals surface area contributed by atoms with Gasteiger partial charge in [0.15, 0.2) is 0 Å². The SMILES string of the molecule is C[C@@H]1C[C@@H](Cn2cnc3cc(-c4cn[nH]c4)ccc32)CN1C(=O)Cc1cccc(F)c1. The molecule has 1 aliphatic rings. The molecule has 1 N–H and O–H groups in total. The first-order valence-corrected chi connectivity index (χ1v) is 10.5. The lowest BCUT2D eigenvalue weighted by Crippen LogP contribution is -2.35. The molecule has 0 bridgehead atoms. The Morgan fingerprint density at radius 2 is 2.13 bits per heavy atom. The van der Waals surface area contributed by atoms with Gasteiger partial charge < -0.3 is 9.47 Å². The summed E-state index contributed by atoms with van der Waals surface area (Å²) < 4.78 is 15.6. The van der Waals surface area contributed by atoms with E-state index in [0.29, 0.717) is 12.5 Å². The van der Waals surface area contributed by atoms with E-state index in [-0.39, 0.29) is 24.2 Å². The smallest absolute Gasteiger partial charge is 0.227 e. The van der Waals surface area contributed by atoms with Gasteiger partial charge in [-0.05, 0) is 54.7 Å². The van der Waals surface area contributed by atoms with Crippen molar-refractivity contribution in [3.05, 3.63) is 72.6 Å². The second-order valence-electron chi connectivity index (χ2n) is 8.39. The summed E-state index contributed by atoms with van der Waals surface area (Å²) in [4.78, 5) is 19.3. The summed E-state index contributed by atoms with van der Waals surface area (Å²) >= 11 is 0. The van der Waals surface area contributed by atoms with Gasteiger partial charge in [-0.1, -0.05) is 18.2 Å². The van der Waals surface area contributed by atoms with Crippen LogP contribution in [0.1, 0.15) is 18.9 Å². The van der Waals surface area contributed by atoms with Crippen molar-refractivity contribution in [2.75, 3.05) is 6.54 Å². The van der Waals surface area contributed by atoms with E-state index in [1.54, 1.807) is 18.3 Å². The van der Waals surface area contributed by atoms with Gasteiger partial charge in [0.2, 0.25) is 5.91 Å². The van der Waals surface area contributed by atoms with Crippen molar-refractivity contribution < 1.29 is 9.18 Å². The van der Waals surface area contributed by atoms with Crippen LogP contribution in [0, 0.1) is 11.7 Å². The number of aromatic amines is 1. The number of hydrogen-bond donors (Lipinski definition) is 1. The molecule has 6 nitrogen and oxygen atoms in total. The van der Waals surface area contributed by atoms with E-state index in [1.165, 1.54) is 12.1 Å². The van der Waals surface area contributed by atoms with Crippen LogP contribution in [0.4, 0.5) is 4.39 Å². The molecule has 2 aromatic heterocycles. The van der Waals surface area contributed by atoms with Crippen molar-refractivity contribution in [3.63, 3.8) is 0 Å². The molecule has 1 amide bonds. The Morgan fingerprint density at radius 3 is 2.94 bits per heavy atom. The average Bonchev–Trinajstić information content (AvgIpc) is 3.49. The van der Waals surface area contributed by atoms with Gasteiger partial charge in [-0.15, -0.1) is 0 Å². The fraction of sp³-hybridized carbons (Fsp3) is 0.292. The Morgan fingerprint density at radius 1 is 1.23 bits per heavy atom. The highest BCUT2D eigenvalue weighted by molar-refractivity contribution is 5.82. The minimum Gasteiger partial charge on any atom is -0.339 e. The molecule has 0 spiro atoms. The van der Waals surface area contributed by atoms with Gasteiger partial charge in [-0.3, -0.25) is 9.89 Å². The van der Waals surface area contributed by atoms with E-state index in [4.69, 9.17) is 0 Å². The second-order valence-corrected chi connectivity index (χ2v) is 8.39. The Balaban J connectivity index is 1.27. The maximum atomic E-state index is 13.4. The van der Waals surface area contributed by atoms with Crippen molar-refractivity contribution in [2.24, 2.45) is 5.92 Å². The molecule has 7 heteroatoms. The highest BCUT2D eigenvalue weighted by Gasteiger charge is 2.32. The molecule has 1 fully saturated rings. The topological polar surface area (TPSA) is 66.8 Å². The minimum absolute atomic E-state index is 0.0563. The largest absolute Gasteiger partial charge is 0.339 e. The Kier molecular flexibility index (Phi) is 5.02. The third-order valence-corrected chi connectivity index (χ3v) is 6.13. The van der Waals surface area contributed by atoms with E-state index in [9.17, 15) is 9.18 Å². The highest BCUT2D eigenvalue weighted by Crippen LogP contribution is 2.28. The lowest BCUT2D eigenvalue weighted by Gasteiger charge is -2.21. The zero-order valence-corrected chi connectivity index (χ0v) is 17.3. The summed E-state index contributed by atoms with van der Waals surface area (Å²) in [6.45, 7) is 3.62. The number of nitrogens with one attached hydrogen (secondary N) is 1. The van der Waals surface area contributed by atoms with Crippen molar-refractivity contribution in [1.82, 2.24) is 24.6 Å². The number of carbonyl (C=O) groups is 1. The van der Waals surface area contributed by atoms with Gasteiger partial charge in [0.25, 0.3) is 0 Å². The van der Waals surface area contributed by atoms with E-state index >= 15 is 0 Å². The van der Waals surface area contributed by atoms with Crippen LogP contribution in [0.15, 0.2) is 61.2 Å². The number of rotatable bonds is 5. The summed E-state index contributed by atoms with van der Waals surface area (Å²) in [5, 5.41) is 6.85. The van der Waals surface area contributed by atoms with E-state index in [0.717, 1.165) is 40.7 Å². The van der Waals surface area contributed by atoms with Gasteiger partial charge in [0, 0.05) is 30.9 Å². The molecule has 1 aliphatic heterocycles. The summed E-state index contributed by atoms with van der Waals surface area (Å²) in [7, 11) is 0. The number of H-pyrrole nitrogens is 1. The number of nitrogens with zero attached hydrogens (tertiary/aromatic N) is 4. The van der Waals surface area contributed by atoms with Gasteiger partial charge >= 0.3 is 0 Å². The quantitative estimate of drug-likeness (QED) is 0.533. The molecule has 3 heterocycles. The Bertz CT molecular complexity index is 1220. The number of carbonyl (C=O) groups excluding carboxylic acids is 1. The third-order valence-electron chi connectivity index (χ3n) is 6.13. The number of imidazole rings is 1. The lowest BCUT2D eigenvalue weighted by atomic mass is 10.1. The molecule has 0 unspecified atom stereocenters. The van der Waals surface area contributed by atoms with Gasteiger partial charge in [-0.25, -0.2) is 9.37 Å². The number of hydrogen-bond acceptors (Lipinski definition) is 3. The molecular formula is C24H24FN5O. The molecule has 0 saturated carbocycles. The van der Waals surface area contributed by atoms with Gasteiger partial charge in [-0.2, -0.15) is 5.10 Å². The van der Waals surface area contributed by atoms with Crippen molar-refractivity contribution in [2.45, 2.75) is 32.4 Å². The number of halogens is 1. The minimum atomic E-state index is -0.305. The number of fused-ring (bicyclic) bond motifs is 1. The molecule has 2 atom stereocenters. The lowest BCUT2D eigenvalue weighted by molar-refractivity contribution is -0.131. The fourth-order valence-corrected chi connectivity index (χ4v) is 4.62. The van der Waals surface area contributed by atoms with E-state index in [2.05, 4.69) is 44.9 Å². The van der Waals surface area contributed by atoms with Crippen LogP contribution < -0.4 is 0 Å². The second kappa shape index (κ2) is 7.98. The molecule has 2 aromatic carbocycles. The molecule has 0 radical (unpaired) electrons. The van der Waals surface area contributed by atoms with Crippen LogP contribution >= 0.6 is 0 Å². The predicted molar refractivity (Wildman–Crippen MR) is 117 cm³/mol. The van der Waals surface area contributed by atoms with E-state index < -0.39 is 0 Å². The molecular weight excluding hydrogens is 393 g/mol. The molecule has 158 valence electrons. The van der Waals surface area contributed by atoms with Crippen LogP contribution in [0.2, 0.25) is 0 Å². The van der Waals surface area contributed by atoms with E-state index in [1.807, 2.05) is 17.4 Å². The first kappa shape index (κ1) is 19.5. The first-order chi connectivity index (χ1) is 15.1. The van der Waals surface area contributed by atoms with Gasteiger partial charge in [0.05, 0.1) is 30.0 Å². The molecule has 5 rings (SSSR count). The zero-order valence-electron chi connectivity index (χ0n) is 17.3. The Hall–Kier alpha value is -3.48. The van der Waals surface area contributed by atoms with Gasteiger partial charge in [0.1, 0.15) is 5.82 Å². The number of likely N-dealkylation sites (tertiary alicyclic amines) is 1. The summed E-state index contributed by atoms with van der Waals surface area (Å²) in [6.07, 6.45) is 6.73. The fourth-order valence-electron chi connectivity index (χ4n) is 4.62.